The standard InChI is InChI=1S/C10H10BrN5O4S/c1-16-10(9(11)13-15-16)21(17,18)14-6-3-8-7(2-5(6)12)19-4-20-8/h2-3,14H,4,12H2,1H3. The first kappa shape index (κ1) is 13.9. The van der Waals surface area contributed by atoms with Gasteiger partial charge in [0.05, 0.1) is 11.4 Å². The lowest BCUT2D eigenvalue weighted by atomic mass is 10.2. The fourth-order valence-corrected chi connectivity index (χ4v) is 4.02. The summed E-state index contributed by atoms with van der Waals surface area (Å²) in [7, 11) is -2.44. The number of fused-ring (bicyclic) bond motifs is 1. The zero-order valence-electron chi connectivity index (χ0n) is 10.7. The summed E-state index contributed by atoms with van der Waals surface area (Å²) >= 11 is 3.04. The maximum absolute atomic E-state index is 12.4. The number of aromatic nitrogens is 3. The van der Waals surface area contributed by atoms with Crippen molar-refractivity contribution < 1.29 is 17.9 Å². The molecule has 2 aromatic rings. The van der Waals surface area contributed by atoms with Gasteiger partial charge in [-0.1, -0.05) is 5.21 Å². The zero-order valence-corrected chi connectivity index (χ0v) is 13.1. The van der Waals surface area contributed by atoms with E-state index in [0.29, 0.717) is 11.5 Å². The van der Waals surface area contributed by atoms with Crippen LogP contribution in [0.3, 0.4) is 0 Å². The van der Waals surface area contributed by atoms with Crippen molar-refractivity contribution in [3.05, 3.63) is 16.7 Å². The summed E-state index contributed by atoms with van der Waals surface area (Å²) in [5, 5.41) is 7.16. The van der Waals surface area contributed by atoms with Gasteiger partial charge in [-0.15, -0.1) is 5.10 Å². The summed E-state index contributed by atoms with van der Waals surface area (Å²) in [6, 6.07) is 2.96. The van der Waals surface area contributed by atoms with Crippen LogP contribution < -0.4 is 19.9 Å². The molecular weight excluding hydrogens is 366 g/mol. The number of sulfonamides is 1. The van der Waals surface area contributed by atoms with E-state index in [1.165, 1.54) is 19.2 Å². The van der Waals surface area contributed by atoms with Crippen LogP contribution in [-0.2, 0) is 17.1 Å². The third kappa shape index (κ3) is 2.38. The van der Waals surface area contributed by atoms with Gasteiger partial charge in [-0.05, 0) is 15.9 Å². The van der Waals surface area contributed by atoms with Gasteiger partial charge in [0.1, 0.15) is 0 Å². The minimum Gasteiger partial charge on any atom is -0.454 e. The van der Waals surface area contributed by atoms with Crippen molar-refractivity contribution >= 4 is 37.3 Å². The molecule has 0 unspecified atom stereocenters. The number of nitrogens with one attached hydrogen (secondary N) is 1. The van der Waals surface area contributed by atoms with Gasteiger partial charge in [-0.3, -0.25) is 4.72 Å². The van der Waals surface area contributed by atoms with Crippen molar-refractivity contribution in [2.75, 3.05) is 17.2 Å². The van der Waals surface area contributed by atoms with Crippen LogP contribution in [-0.4, -0.2) is 30.2 Å². The molecule has 1 aliphatic heterocycles. The molecule has 0 saturated carbocycles. The number of anilines is 2. The molecule has 3 rings (SSSR count). The molecule has 1 aromatic heterocycles. The number of hydrogen-bond donors (Lipinski definition) is 2. The quantitative estimate of drug-likeness (QED) is 0.756. The van der Waals surface area contributed by atoms with Gasteiger partial charge in [-0.25, -0.2) is 4.68 Å². The SMILES string of the molecule is Cn1nnc(Br)c1S(=O)(=O)Nc1cc2c(cc1N)OCO2. The highest BCUT2D eigenvalue weighted by molar-refractivity contribution is 9.10. The molecule has 0 bridgehead atoms. The molecule has 21 heavy (non-hydrogen) atoms. The van der Waals surface area contributed by atoms with Gasteiger partial charge >= 0.3 is 0 Å². The number of ether oxygens (including phenoxy) is 2. The highest BCUT2D eigenvalue weighted by Crippen LogP contribution is 2.39. The summed E-state index contributed by atoms with van der Waals surface area (Å²) in [5.41, 5.74) is 6.22. The Morgan fingerprint density at radius 1 is 1.38 bits per heavy atom. The number of rotatable bonds is 3. The lowest BCUT2D eigenvalue weighted by molar-refractivity contribution is 0.174. The molecule has 9 nitrogen and oxygen atoms in total. The van der Waals surface area contributed by atoms with Gasteiger partial charge in [0.25, 0.3) is 10.0 Å². The maximum atomic E-state index is 12.4. The van der Waals surface area contributed by atoms with Crippen LogP contribution in [0.5, 0.6) is 11.5 Å². The molecule has 0 atom stereocenters. The smallest absolute Gasteiger partial charge is 0.281 e. The van der Waals surface area contributed by atoms with Gasteiger partial charge in [0, 0.05) is 19.2 Å². The third-order valence-corrected chi connectivity index (χ3v) is 5.03. The molecule has 0 aliphatic carbocycles. The van der Waals surface area contributed by atoms with Crippen molar-refractivity contribution in [2.45, 2.75) is 5.03 Å². The minimum absolute atomic E-state index is 0.0716. The van der Waals surface area contributed by atoms with Crippen molar-refractivity contribution in [1.29, 1.82) is 0 Å². The molecule has 0 radical (unpaired) electrons. The van der Waals surface area contributed by atoms with E-state index in [-0.39, 0.29) is 27.8 Å². The molecule has 11 heteroatoms. The summed E-state index contributed by atoms with van der Waals surface area (Å²) in [5.74, 6) is 0.892. The predicted octanol–water partition coefficient (Wildman–Crippen LogP) is 0.689. The number of hydrogen-bond acceptors (Lipinski definition) is 7. The number of aryl methyl sites for hydroxylation is 1. The Bertz CT molecular complexity index is 800. The largest absolute Gasteiger partial charge is 0.454 e. The van der Waals surface area contributed by atoms with Crippen LogP contribution in [0.4, 0.5) is 11.4 Å². The predicted molar refractivity (Wildman–Crippen MR) is 76.5 cm³/mol. The molecular formula is C10H10BrN5O4S. The van der Waals surface area contributed by atoms with Gasteiger partial charge in [-0.2, -0.15) is 8.42 Å². The van der Waals surface area contributed by atoms with Gasteiger partial charge in [0.15, 0.2) is 16.1 Å². The van der Waals surface area contributed by atoms with Crippen molar-refractivity contribution in [1.82, 2.24) is 15.0 Å². The molecule has 1 aliphatic rings. The Morgan fingerprint density at radius 2 is 2.05 bits per heavy atom. The summed E-state index contributed by atoms with van der Waals surface area (Å²) in [6.07, 6.45) is 0. The lowest BCUT2D eigenvalue weighted by Gasteiger charge is -2.11. The number of halogens is 1. The van der Waals surface area contributed by atoms with Crippen LogP contribution in [0.15, 0.2) is 21.8 Å². The van der Waals surface area contributed by atoms with Crippen LogP contribution in [0.25, 0.3) is 0 Å². The van der Waals surface area contributed by atoms with E-state index in [0.717, 1.165) is 4.68 Å². The highest BCUT2D eigenvalue weighted by Gasteiger charge is 2.26. The summed E-state index contributed by atoms with van der Waals surface area (Å²) < 4.78 is 38.8. The van der Waals surface area contributed by atoms with Gasteiger partial charge < -0.3 is 15.2 Å². The van der Waals surface area contributed by atoms with E-state index < -0.39 is 10.0 Å². The normalized spacial score (nSPS) is 13.4. The Labute approximate surface area is 128 Å². The first-order valence-corrected chi connectivity index (χ1v) is 7.93. The van der Waals surface area contributed by atoms with Crippen molar-refractivity contribution in [2.24, 2.45) is 7.05 Å². The minimum atomic E-state index is -3.91. The second-order valence-electron chi connectivity index (χ2n) is 4.21. The molecule has 0 amide bonds. The topological polar surface area (TPSA) is 121 Å². The zero-order chi connectivity index (χ0) is 15.2. The van der Waals surface area contributed by atoms with Crippen LogP contribution in [0, 0.1) is 0 Å². The monoisotopic (exact) mass is 375 g/mol. The van der Waals surface area contributed by atoms with E-state index in [4.69, 9.17) is 15.2 Å². The van der Waals surface area contributed by atoms with E-state index in [2.05, 4.69) is 31.0 Å². The average Bonchev–Trinajstić information content (AvgIpc) is 2.96. The van der Waals surface area contributed by atoms with Crippen LogP contribution >= 0.6 is 15.9 Å². The first-order chi connectivity index (χ1) is 9.88. The number of nitrogen functional groups attached to an aromatic ring is 1. The summed E-state index contributed by atoms with van der Waals surface area (Å²) in [4.78, 5) is 0. The van der Waals surface area contributed by atoms with E-state index in [1.807, 2.05) is 0 Å². The maximum Gasteiger partial charge on any atom is 0.281 e. The summed E-state index contributed by atoms with van der Waals surface area (Å²) in [6.45, 7) is 0.0716. The Kier molecular flexibility index (Phi) is 3.17. The Morgan fingerprint density at radius 3 is 2.67 bits per heavy atom. The Balaban J connectivity index is 2.01. The van der Waals surface area contributed by atoms with Gasteiger partial charge in [0.2, 0.25) is 11.8 Å². The fraction of sp³-hybridized carbons (Fsp3) is 0.200. The number of benzene rings is 1. The fourth-order valence-electron chi connectivity index (χ4n) is 1.85. The average molecular weight is 376 g/mol. The number of nitrogens with zero attached hydrogens (tertiary/aromatic N) is 3. The highest BCUT2D eigenvalue weighted by atomic mass is 79.9. The molecule has 0 saturated heterocycles. The van der Waals surface area contributed by atoms with Crippen molar-refractivity contribution in [3.63, 3.8) is 0 Å². The van der Waals surface area contributed by atoms with E-state index in [9.17, 15) is 8.42 Å². The third-order valence-electron chi connectivity index (χ3n) is 2.78. The second-order valence-corrected chi connectivity index (χ2v) is 6.56. The Hall–Kier alpha value is -2.01. The van der Waals surface area contributed by atoms with Crippen molar-refractivity contribution in [3.8, 4) is 11.5 Å². The second kappa shape index (κ2) is 4.77. The molecule has 0 fully saturated rings. The lowest BCUT2D eigenvalue weighted by Crippen LogP contribution is -2.18. The molecule has 0 spiro atoms. The molecule has 3 N–H and O–H groups in total. The molecule has 2 heterocycles. The first-order valence-electron chi connectivity index (χ1n) is 5.65. The van der Waals surface area contributed by atoms with E-state index >= 15 is 0 Å². The molecule has 112 valence electrons. The number of nitrogens with two attached hydrogens (primary N) is 1. The van der Waals surface area contributed by atoms with E-state index in [1.54, 1.807) is 0 Å². The molecule has 1 aromatic carbocycles. The van der Waals surface area contributed by atoms with Crippen LogP contribution in [0.2, 0.25) is 0 Å². The van der Waals surface area contributed by atoms with Crippen LogP contribution in [0.1, 0.15) is 0 Å².